The summed E-state index contributed by atoms with van der Waals surface area (Å²) < 4.78 is 43.5. The van der Waals surface area contributed by atoms with E-state index in [4.69, 9.17) is 4.74 Å². The van der Waals surface area contributed by atoms with Crippen molar-refractivity contribution in [3.63, 3.8) is 0 Å². The number of anilines is 1. The maximum Gasteiger partial charge on any atom is 0.419 e. The first-order chi connectivity index (χ1) is 13.2. The summed E-state index contributed by atoms with van der Waals surface area (Å²) in [7, 11) is 0. The van der Waals surface area contributed by atoms with Gasteiger partial charge in [-0.1, -0.05) is 6.07 Å². The third kappa shape index (κ3) is 4.74. The van der Waals surface area contributed by atoms with Gasteiger partial charge in [0.1, 0.15) is 25.0 Å². The van der Waals surface area contributed by atoms with Crippen LogP contribution in [-0.2, 0) is 11.0 Å². The van der Waals surface area contributed by atoms with E-state index in [-0.39, 0.29) is 12.5 Å². The molecule has 1 amide bonds. The maximum absolute atomic E-state index is 12.6. The van der Waals surface area contributed by atoms with Gasteiger partial charge in [0.15, 0.2) is 6.61 Å². The van der Waals surface area contributed by atoms with Gasteiger partial charge in [-0.2, -0.15) is 13.2 Å². The van der Waals surface area contributed by atoms with Gasteiger partial charge in [-0.05, 0) is 43.2 Å². The average molecular weight is 394 g/mol. The Morgan fingerprint density at radius 2 is 1.79 bits per heavy atom. The zero-order valence-corrected chi connectivity index (χ0v) is 15.8. The van der Waals surface area contributed by atoms with Gasteiger partial charge in [0, 0.05) is 6.07 Å². The van der Waals surface area contributed by atoms with Crippen LogP contribution in [0.5, 0.6) is 5.75 Å². The van der Waals surface area contributed by atoms with E-state index in [1.807, 2.05) is 36.9 Å². The molecule has 0 aliphatic carbocycles. The van der Waals surface area contributed by atoms with E-state index in [1.165, 1.54) is 6.07 Å². The van der Waals surface area contributed by atoms with Crippen LogP contribution in [0.4, 0.5) is 19.0 Å². The molecule has 0 unspecified atom stereocenters. The quantitative estimate of drug-likeness (QED) is 0.801. The molecule has 0 spiro atoms. The largest absolute Gasteiger partial charge is 0.484 e. The van der Waals surface area contributed by atoms with E-state index >= 15 is 0 Å². The minimum atomic E-state index is -4.36. The van der Waals surface area contributed by atoms with Crippen molar-refractivity contribution in [3.8, 4) is 5.75 Å². The summed E-state index contributed by atoms with van der Waals surface area (Å²) in [5, 5.41) is 0. The molecule has 3 rings (SSSR count). The van der Waals surface area contributed by atoms with Crippen LogP contribution in [-0.4, -0.2) is 43.6 Å². The fraction of sp³-hybridized carbons (Fsp3) is 0.400. The Balaban J connectivity index is 1.50. The molecule has 0 radical (unpaired) electrons. The fourth-order valence-electron chi connectivity index (χ4n) is 3.03. The molecular formula is C20H23F3N3O2+. The van der Waals surface area contributed by atoms with Crippen LogP contribution in [0.15, 0.2) is 36.5 Å². The predicted octanol–water partition coefficient (Wildman–Crippen LogP) is 2.86. The summed E-state index contributed by atoms with van der Waals surface area (Å²) >= 11 is 0. The average Bonchev–Trinajstić information content (AvgIpc) is 2.68. The van der Waals surface area contributed by atoms with Crippen molar-refractivity contribution >= 4 is 11.7 Å². The molecular weight excluding hydrogens is 371 g/mol. The molecule has 1 aromatic heterocycles. The lowest BCUT2D eigenvalue weighted by Gasteiger charge is -2.31. The van der Waals surface area contributed by atoms with E-state index < -0.39 is 11.7 Å². The Bertz CT molecular complexity index is 830. The molecule has 0 atom stereocenters. The lowest BCUT2D eigenvalue weighted by atomic mass is 10.1. The summed E-state index contributed by atoms with van der Waals surface area (Å²) in [6.45, 7) is 6.02. The highest BCUT2D eigenvalue weighted by molar-refractivity contribution is 5.78. The van der Waals surface area contributed by atoms with Crippen molar-refractivity contribution < 1.29 is 27.7 Å². The number of alkyl halides is 3. The van der Waals surface area contributed by atoms with Gasteiger partial charge in [-0.15, -0.1) is 0 Å². The van der Waals surface area contributed by atoms with Crippen LogP contribution in [0.1, 0.15) is 16.7 Å². The third-order valence-electron chi connectivity index (χ3n) is 4.94. The monoisotopic (exact) mass is 394 g/mol. The number of hydrogen-bond acceptors (Lipinski definition) is 3. The third-order valence-corrected chi connectivity index (χ3v) is 4.94. The second kappa shape index (κ2) is 8.08. The lowest BCUT2D eigenvalue weighted by Crippen LogP contribution is -2.51. The topological polar surface area (TPSA) is 46.9 Å². The Hall–Kier alpha value is -2.77. The minimum Gasteiger partial charge on any atom is -0.484 e. The number of pyridine rings is 1. The lowest BCUT2D eigenvalue weighted by molar-refractivity contribution is -0.367. The minimum absolute atomic E-state index is 0.0328. The van der Waals surface area contributed by atoms with Gasteiger partial charge < -0.3 is 9.64 Å². The smallest absolute Gasteiger partial charge is 0.419 e. The van der Waals surface area contributed by atoms with Crippen molar-refractivity contribution in [1.82, 2.24) is 4.90 Å². The van der Waals surface area contributed by atoms with Crippen molar-refractivity contribution in [2.24, 2.45) is 0 Å². The maximum atomic E-state index is 12.6. The summed E-state index contributed by atoms with van der Waals surface area (Å²) in [5.74, 6) is 1.16. The van der Waals surface area contributed by atoms with E-state index in [1.54, 1.807) is 4.90 Å². The molecule has 1 saturated heterocycles. The molecule has 28 heavy (non-hydrogen) atoms. The van der Waals surface area contributed by atoms with E-state index in [2.05, 4.69) is 4.98 Å². The number of halogens is 3. The number of carbonyl (C=O) groups is 1. The Morgan fingerprint density at radius 1 is 1.07 bits per heavy atom. The molecule has 1 fully saturated rings. The number of carbonyl (C=O) groups excluding carboxylic acids is 1. The summed E-state index contributed by atoms with van der Waals surface area (Å²) in [5.41, 5.74) is 1.55. The normalized spacial score (nSPS) is 14.9. The van der Waals surface area contributed by atoms with Crippen LogP contribution >= 0.6 is 0 Å². The van der Waals surface area contributed by atoms with Crippen molar-refractivity contribution in [2.75, 3.05) is 37.7 Å². The zero-order valence-electron chi connectivity index (χ0n) is 15.8. The number of aryl methyl sites for hydroxylation is 2. The number of nitrogens with one attached hydrogen (secondary N) is 1. The second-order valence-electron chi connectivity index (χ2n) is 6.86. The van der Waals surface area contributed by atoms with E-state index in [9.17, 15) is 18.0 Å². The first kappa shape index (κ1) is 20.0. The Morgan fingerprint density at radius 3 is 2.36 bits per heavy atom. The summed E-state index contributed by atoms with van der Waals surface area (Å²) in [6.07, 6.45) is -3.40. The molecule has 2 aromatic rings. The van der Waals surface area contributed by atoms with Gasteiger partial charge in [0.05, 0.1) is 18.7 Å². The second-order valence-corrected chi connectivity index (χ2v) is 6.86. The van der Waals surface area contributed by atoms with Crippen LogP contribution in [0.2, 0.25) is 0 Å². The molecule has 0 bridgehead atoms. The van der Waals surface area contributed by atoms with E-state index in [0.29, 0.717) is 37.7 Å². The predicted molar refractivity (Wildman–Crippen MR) is 98.2 cm³/mol. The molecule has 1 aliphatic heterocycles. The number of H-pyrrole nitrogens is 1. The van der Waals surface area contributed by atoms with Gasteiger partial charge in [-0.3, -0.25) is 9.69 Å². The molecule has 5 nitrogen and oxygen atoms in total. The van der Waals surface area contributed by atoms with Crippen molar-refractivity contribution in [2.45, 2.75) is 20.0 Å². The van der Waals surface area contributed by atoms with Gasteiger partial charge in [0.25, 0.3) is 11.7 Å². The number of ether oxygens (including phenoxy) is 1. The van der Waals surface area contributed by atoms with Gasteiger partial charge in [-0.25, -0.2) is 4.98 Å². The standard InChI is InChI=1S/C20H22F3N3O2/c1-14-3-5-17(11-15(14)2)28-13-19(27)26-9-7-25(8-10-26)18-6-4-16(12-24-18)20(21,22)23/h3-6,11-12H,7-10,13H2,1-2H3/p+1. The first-order valence-electron chi connectivity index (χ1n) is 9.06. The number of benzene rings is 1. The van der Waals surface area contributed by atoms with Crippen LogP contribution in [0.3, 0.4) is 0 Å². The van der Waals surface area contributed by atoms with Gasteiger partial charge in [0.2, 0.25) is 0 Å². The Labute approximate surface area is 161 Å². The molecule has 150 valence electrons. The molecule has 1 N–H and O–H groups in total. The summed E-state index contributed by atoms with van der Waals surface area (Å²) in [6, 6.07) is 8.17. The zero-order chi connectivity index (χ0) is 20.3. The number of hydrogen-bond donors (Lipinski definition) is 0. The summed E-state index contributed by atoms with van der Waals surface area (Å²) in [4.78, 5) is 18.7. The first-order valence-corrected chi connectivity index (χ1v) is 9.06. The number of aromatic amines is 1. The van der Waals surface area contributed by atoms with Crippen LogP contribution in [0, 0.1) is 13.8 Å². The number of rotatable bonds is 4. The Kier molecular flexibility index (Phi) is 5.76. The van der Waals surface area contributed by atoms with Crippen LogP contribution in [0.25, 0.3) is 0 Å². The molecule has 0 saturated carbocycles. The number of nitrogens with zero attached hydrogens (tertiary/aromatic N) is 2. The van der Waals surface area contributed by atoms with Gasteiger partial charge >= 0.3 is 6.18 Å². The van der Waals surface area contributed by atoms with Crippen molar-refractivity contribution in [3.05, 3.63) is 53.2 Å². The highest BCUT2D eigenvalue weighted by Gasteiger charge is 2.33. The molecule has 2 heterocycles. The molecule has 1 aromatic carbocycles. The number of piperazine rings is 1. The van der Waals surface area contributed by atoms with E-state index in [0.717, 1.165) is 23.4 Å². The number of amides is 1. The fourth-order valence-corrected chi connectivity index (χ4v) is 3.03. The van der Waals surface area contributed by atoms with Crippen LogP contribution < -0.4 is 14.6 Å². The highest BCUT2D eigenvalue weighted by atomic mass is 19.4. The van der Waals surface area contributed by atoms with Crippen molar-refractivity contribution in [1.29, 1.82) is 0 Å². The SMILES string of the molecule is Cc1ccc(OCC(=O)N2CCN(c3ccc(C(F)(F)F)c[nH+]3)CC2)cc1C. The highest BCUT2D eigenvalue weighted by Crippen LogP contribution is 2.28. The molecule has 1 aliphatic rings. The molecule has 8 heteroatoms. The number of aromatic nitrogens is 1.